The number of rotatable bonds is 5. The van der Waals surface area contributed by atoms with Crippen molar-refractivity contribution in [2.75, 3.05) is 19.4 Å². The number of fused-ring (bicyclic) bond motifs is 2. The molecule has 2 aromatic heterocycles. The Labute approximate surface area is 168 Å². The molecule has 30 heavy (non-hydrogen) atoms. The lowest BCUT2D eigenvalue weighted by Crippen LogP contribution is -2.41. The Morgan fingerprint density at radius 2 is 2.07 bits per heavy atom. The number of nitrogen functional groups attached to an aromatic ring is 1. The van der Waals surface area contributed by atoms with Crippen molar-refractivity contribution in [2.45, 2.75) is 25.8 Å². The van der Waals surface area contributed by atoms with Crippen molar-refractivity contribution in [1.29, 1.82) is 0 Å². The molecule has 158 valence electrons. The first-order valence-electron chi connectivity index (χ1n) is 9.06. The highest BCUT2D eigenvalue weighted by molar-refractivity contribution is 5.93. The molecule has 1 aliphatic rings. The summed E-state index contributed by atoms with van der Waals surface area (Å²) in [4.78, 5) is 8.18. The molecular formula is C19H18F4N6O. The zero-order valence-electron chi connectivity index (χ0n) is 16.1. The number of nitrogens with one attached hydrogen (secondary N) is 1. The number of aromatic nitrogens is 3. The van der Waals surface area contributed by atoms with Gasteiger partial charge in [-0.05, 0) is 36.6 Å². The van der Waals surface area contributed by atoms with Gasteiger partial charge in [0.05, 0.1) is 25.4 Å². The fourth-order valence-corrected chi connectivity index (χ4v) is 3.61. The minimum atomic E-state index is -2.52. The zero-order valence-corrected chi connectivity index (χ0v) is 16.1. The maximum absolute atomic E-state index is 14.9. The van der Waals surface area contributed by atoms with Crippen molar-refractivity contribution < 1.29 is 22.3 Å². The average Bonchev–Trinajstić information content (AvgIpc) is 3.01. The number of benzene rings is 1. The monoisotopic (exact) mass is 422 g/mol. The van der Waals surface area contributed by atoms with E-state index in [1.807, 2.05) is 0 Å². The summed E-state index contributed by atoms with van der Waals surface area (Å²) >= 11 is 0. The summed E-state index contributed by atoms with van der Waals surface area (Å²) in [6.07, 6.45) is -1.20. The molecule has 0 unspecified atom stereocenters. The first-order valence-corrected chi connectivity index (χ1v) is 9.06. The number of anilines is 1. The third kappa shape index (κ3) is 3.45. The Balaban J connectivity index is 1.83. The second-order valence-electron chi connectivity index (χ2n) is 6.90. The number of nitrogens with zero attached hydrogens (tertiary/aromatic N) is 4. The van der Waals surface area contributed by atoms with Gasteiger partial charge in [0.2, 0.25) is 11.8 Å². The molecule has 11 heteroatoms. The van der Waals surface area contributed by atoms with E-state index < -0.39 is 30.6 Å². The molecule has 0 fully saturated rings. The molecule has 0 spiro atoms. The number of hydrogen-bond acceptors (Lipinski definition) is 6. The van der Waals surface area contributed by atoms with Crippen molar-refractivity contribution in [3.05, 3.63) is 35.5 Å². The molecule has 0 saturated carbocycles. The highest BCUT2D eigenvalue weighted by Crippen LogP contribution is 2.38. The number of ether oxygens (including phenoxy) is 1. The Morgan fingerprint density at radius 1 is 1.30 bits per heavy atom. The van der Waals surface area contributed by atoms with Gasteiger partial charge in [-0.3, -0.25) is 4.99 Å². The molecule has 3 aromatic rings. The van der Waals surface area contributed by atoms with E-state index in [-0.39, 0.29) is 40.6 Å². The van der Waals surface area contributed by atoms with Crippen molar-refractivity contribution in [3.8, 4) is 17.0 Å². The lowest BCUT2D eigenvalue weighted by atomic mass is 9.93. The maximum Gasteiger partial charge on any atom is 0.250 e. The van der Waals surface area contributed by atoms with Crippen molar-refractivity contribution in [1.82, 2.24) is 19.9 Å². The van der Waals surface area contributed by atoms with Gasteiger partial charge < -0.3 is 15.8 Å². The molecular weight excluding hydrogens is 404 g/mol. The van der Waals surface area contributed by atoms with Gasteiger partial charge in [-0.15, -0.1) is 5.10 Å². The van der Waals surface area contributed by atoms with Crippen LogP contribution in [0.3, 0.4) is 0 Å². The second-order valence-corrected chi connectivity index (χ2v) is 6.90. The Bertz CT molecular complexity index is 1160. The van der Waals surface area contributed by atoms with E-state index in [4.69, 9.17) is 10.5 Å². The van der Waals surface area contributed by atoms with Crippen LogP contribution in [0.15, 0.2) is 23.3 Å². The third-order valence-electron chi connectivity index (χ3n) is 4.93. The van der Waals surface area contributed by atoms with Crippen molar-refractivity contribution >= 4 is 22.9 Å². The summed E-state index contributed by atoms with van der Waals surface area (Å²) in [5, 5.41) is 6.65. The van der Waals surface area contributed by atoms with Gasteiger partial charge in [-0.1, -0.05) is 0 Å². The first kappa shape index (κ1) is 20.1. The molecule has 1 aliphatic heterocycles. The Hall–Kier alpha value is -3.21. The molecule has 0 saturated heterocycles. The van der Waals surface area contributed by atoms with Crippen LogP contribution in [0, 0.1) is 11.6 Å². The fourth-order valence-electron chi connectivity index (χ4n) is 3.61. The average molecular weight is 422 g/mol. The number of halogens is 4. The van der Waals surface area contributed by atoms with E-state index in [0.717, 1.165) is 12.3 Å². The van der Waals surface area contributed by atoms with Gasteiger partial charge in [0.25, 0.3) is 6.43 Å². The van der Waals surface area contributed by atoms with Gasteiger partial charge in [0, 0.05) is 11.8 Å². The summed E-state index contributed by atoms with van der Waals surface area (Å²) in [5.74, 6) is -1.40. The van der Waals surface area contributed by atoms with Crippen LogP contribution in [-0.4, -0.2) is 46.4 Å². The van der Waals surface area contributed by atoms with Crippen LogP contribution < -0.4 is 15.8 Å². The molecule has 0 radical (unpaired) electrons. The largest absolute Gasteiger partial charge is 0.479 e. The summed E-state index contributed by atoms with van der Waals surface area (Å²) in [7, 11) is 1.35. The summed E-state index contributed by atoms with van der Waals surface area (Å²) in [5.41, 5.74) is 7.14. The van der Waals surface area contributed by atoms with E-state index >= 15 is 0 Å². The van der Waals surface area contributed by atoms with Crippen LogP contribution >= 0.6 is 0 Å². The Kier molecular flexibility index (Phi) is 5.06. The lowest BCUT2D eigenvalue weighted by Gasteiger charge is -2.25. The van der Waals surface area contributed by atoms with Gasteiger partial charge in [-0.25, -0.2) is 22.1 Å². The fraction of sp³-hybridized carbons (Fsp3) is 0.316. The van der Waals surface area contributed by atoms with E-state index in [9.17, 15) is 17.6 Å². The number of hydrogen-bond donors (Lipinski definition) is 2. The molecule has 0 bridgehead atoms. The van der Waals surface area contributed by atoms with Gasteiger partial charge >= 0.3 is 0 Å². The van der Waals surface area contributed by atoms with Gasteiger partial charge in [0.15, 0.2) is 5.82 Å². The summed E-state index contributed by atoms with van der Waals surface area (Å²) in [6.45, 7) is 1.14. The SMILES string of the molecule is COc1nc(N)nn2cc(F)c(-c3cc(F)c4c(c3)C[C@H](NCC(F)F)C(C)=N4)c12. The quantitative estimate of drug-likeness (QED) is 0.617. The molecule has 0 aliphatic carbocycles. The van der Waals surface area contributed by atoms with Gasteiger partial charge in [-0.2, -0.15) is 4.98 Å². The first-order chi connectivity index (χ1) is 14.3. The molecule has 0 amide bonds. The minimum absolute atomic E-state index is 0.0323. The van der Waals surface area contributed by atoms with Crippen LogP contribution in [0.5, 0.6) is 5.88 Å². The van der Waals surface area contributed by atoms with Crippen molar-refractivity contribution in [2.24, 2.45) is 4.99 Å². The minimum Gasteiger partial charge on any atom is -0.479 e. The lowest BCUT2D eigenvalue weighted by molar-refractivity contribution is 0.144. The smallest absolute Gasteiger partial charge is 0.250 e. The van der Waals surface area contributed by atoms with Crippen LogP contribution in [0.2, 0.25) is 0 Å². The topological polar surface area (TPSA) is 89.8 Å². The number of nitrogens with two attached hydrogens (primary N) is 1. The number of aliphatic imine (C=N–C) groups is 1. The molecule has 4 rings (SSSR count). The third-order valence-corrected chi connectivity index (χ3v) is 4.93. The van der Waals surface area contributed by atoms with E-state index in [0.29, 0.717) is 11.3 Å². The van der Waals surface area contributed by atoms with Crippen molar-refractivity contribution in [3.63, 3.8) is 0 Å². The summed E-state index contributed by atoms with van der Waals surface area (Å²) in [6, 6.07) is 2.27. The molecule has 1 aromatic carbocycles. The van der Waals surface area contributed by atoms with Gasteiger partial charge in [0.1, 0.15) is 17.0 Å². The maximum atomic E-state index is 14.9. The number of alkyl halides is 2. The molecule has 3 heterocycles. The standard InChI is InChI=1S/C19H18F4N6O/c1-8-13(25-6-14(22)23)5-10-3-9(4-11(20)16(10)26-8)15-12(21)7-29-17(15)18(30-2)27-19(24)28-29/h3-4,7,13-14,25H,5-6H2,1-2H3,(H2,24,28)/t13-/m0/s1. The summed E-state index contributed by atoms with van der Waals surface area (Å²) < 4.78 is 61.2. The molecule has 7 nitrogen and oxygen atoms in total. The highest BCUT2D eigenvalue weighted by Gasteiger charge is 2.26. The molecule has 3 N–H and O–H groups in total. The normalized spacial score (nSPS) is 16.1. The highest BCUT2D eigenvalue weighted by atomic mass is 19.3. The van der Waals surface area contributed by atoms with Crippen LogP contribution in [0.25, 0.3) is 16.6 Å². The second kappa shape index (κ2) is 7.56. The van der Waals surface area contributed by atoms with Crippen LogP contribution in [-0.2, 0) is 6.42 Å². The van der Waals surface area contributed by atoms with E-state index in [1.54, 1.807) is 13.0 Å². The Morgan fingerprint density at radius 3 is 2.77 bits per heavy atom. The van der Waals surface area contributed by atoms with E-state index in [1.165, 1.54) is 11.6 Å². The zero-order chi connectivity index (χ0) is 21.6. The van der Waals surface area contributed by atoms with E-state index in [2.05, 4.69) is 20.4 Å². The van der Waals surface area contributed by atoms with Crippen LogP contribution in [0.1, 0.15) is 12.5 Å². The van der Waals surface area contributed by atoms with Crippen LogP contribution in [0.4, 0.5) is 29.2 Å². The predicted molar refractivity (Wildman–Crippen MR) is 104 cm³/mol. The predicted octanol–water partition coefficient (Wildman–Crippen LogP) is 3.14. The number of methoxy groups -OCH3 is 1. The molecule has 1 atom stereocenters.